The predicted octanol–water partition coefficient (Wildman–Crippen LogP) is 4.93. The van der Waals surface area contributed by atoms with Gasteiger partial charge in [-0.1, -0.05) is 37.6 Å². The van der Waals surface area contributed by atoms with Crippen molar-refractivity contribution in [1.29, 1.82) is 0 Å². The summed E-state index contributed by atoms with van der Waals surface area (Å²) in [6, 6.07) is 7.61. The van der Waals surface area contributed by atoms with E-state index in [1.165, 1.54) is 0 Å². The molecule has 25 heavy (non-hydrogen) atoms. The van der Waals surface area contributed by atoms with Gasteiger partial charge in [0.25, 0.3) is 6.47 Å². The van der Waals surface area contributed by atoms with Crippen molar-refractivity contribution in [2.45, 2.75) is 20.8 Å². The van der Waals surface area contributed by atoms with E-state index >= 15 is 0 Å². The van der Waals surface area contributed by atoms with Crippen LogP contribution in [0.3, 0.4) is 0 Å². The van der Waals surface area contributed by atoms with Crippen LogP contribution in [0.2, 0.25) is 5.02 Å². The molecule has 0 aliphatic heterocycles. The molecule has 8 heteroatoms. The molecular weight excluding hydrogens is 366 g/mol. The van der Waals surface area contributed by atoms with Gasteiger partial charge in [-0.15, -0.1) is 11.3 Å². The highest BCUT2D eigenvalue weighted by Crippen LogP contribution is 2.45. The van der Waals surface area contributed by atoms with Gasteiger partial charge in [-0.2, -0.15) is 0 Å². The molecule has 0 aliphatic rings. The summed E-state index contributed by atoms with van der Waals surface area (Å²) in [6.45, 7) is 5.91. The van der Waals surface area contributed by atoms with Crippen molar-refractivity contribution in [3.63, 3.8) is 0 Å². The van der Waals surface area contributed by atoms with Gasteiger partial charge in [0.2, 0.25) is 0 Å². The van der Waals surface area contributed by atoms with Gasteiger partial charge in [-0.3, -0.25) is 4.79 Å². The molecule has 1 heterocycles. The minimum atomic E-state index is -1.03. The molecule has 1 aromatic heterocycles. The number of carboxylic acids is 1. The number of carboxylic acid groups (broad SMARTS) is 2. The number of halogens is 1. The number of hydrogen-bond donors (Lipinski definition) is 3. The summed E-state index contributed by atoms with van der Waals surface area (Å²) >= 11 is 7.41. The third-order valence-corrected chi connectivity index (χ3v) is 4.39. The minimum absolute atomic E-state index is 0.127. The van der Waals surface area contributed by atoms with Crippen LogP contribution in [-0.2, 0) is 4.79 Å². The average molecular weight is 388 g/mol. The molecule has 0 fully saturated rings. The molecule has 0 saturated carbocycles. The Bertz CT molecular complexity index is 688. The van der Waals surface area contributed by atoms with Crippen LogP contribution < -0.4 is 10.1 Å². The van der Waals surface area contributed by atoms with Crippen molar-refractivity contribution in [2.24, 2.45) is 0 Å². The molecule has 0 unspecified atom stereocenters. The molecule has 0 amide bonds. The van der Waals surface area contributed by atoms with E-state index in [1.807, 2.05) is 45.2 Å². The average Bonchev–Trinajstić information content (AvgIpc) is 2.95. The van der Waals surface area contributed by atoms with E-state index in [9.17, 15) is 9.90 Å². The number of carbonyl (C=O) groups is 2. The maximum absolute atomic E-state index is 11.3. The summed E-state index contributed by atoms with van der Waals surface area (Å²) in [4.78, 5) is 20.5. The number of hydrogen-bond acceptors (Lipinski definition) is 5. The zero-order chi connectivity index (χ0) is 19.4. The molecule has 138 valence electrons. The first-order chi connectivity index (χ1) is 12.0. The highest BCUT2D eigenvalue weighted by atomic mass is 35.5. The van der Waals surface area contributed by atoms with Gasteiger partial charge in [0.1, 0.15) is 5.02 Å². The lowest BCUT2D eigenvalue weighted by molar-refractivity contribution is -0.122. The first-order valence-corrected chi connectivity index (χ1v) is 8.73. The molecule has 1 aromatic carbocycles. The molecule has 0 spiro atoms. The zero-order valence-corrected chi connectivity index (χ0v) is 16.1. The van der Waals surface area contributed by atoms with Crippen LogP contribution in [0, 0.1) is 0 Å². The van der Waals surface area contributed by atoms with Crippen LogP contribution in [0.1, 0.15) is 30.4 Å². The number of anilines is 1. The summed E-state index contributed by atoms with van der Waals surface area (Å²) in [5, 5.41) is 19.5. The fourth-order valence-electron chi connectivity index (χ4n) is 1.81. The van der Waals surface area contributed by atoms with Crippen LogP contribution in [0.4, 0.5) is 5.69 Å². The molecule has 6 nitrogen and oxygen atoms in total. The molecule has 0 atom stereocenters. The van der Waals surface area contributed by atoms with Crippen LogP contribution >= 0.6 is 22.9 Å². The maximum Gasteiger partial charge on any atom is 0.349 e. The van der Waals surface area contributed by atoms with Crippen molar-refractivity contribution in [1.82, 2.24) is 0 Å². The van der Waals surface area contributed by atoms with Crippen molar-refractivity contribution < 1.29 is 24.5 Å². The van der Waals surface area contributed by atoms with Crippen LogP contribution in [0.15, 0.2) is 24.3 Å². The van der Waals surface area contributed by atoms with Gasteiger partial charge in [0, 0.05) is 12.7 Å². The van der Waals surface area contributed by atoms with Crippen LogP contribution in [0.25, 0.3) is 10.4 Å². The number of rotatable bonds is 5. The number of thiophene rings is 1. The molecule has 0 bridgehead atoms. The topological polar surface area (TPSA) is 95.9 Å². The smallest absolute Gasteiger partial charge is 0.349 e. The third-order valence-electron chi connectivity index (χ3n) is 2.71. The van der Waals surface area contributed by atoms with Crippen molar-refractivity contribution in [3.05, 3.63) is 34.2 Å². The molecular formula is C17H22ClNO5S. The maximum atomic E-state index is 11.3. The minimum Gasteiger partial charge on any atom is -0.490 e. The summed E-state index contributed by atoms with van der Waals surface area (Å²) in [5.41, 5.74) is 1.79. The Hall–Kier alpha value is -2.25. The number of aromatic carboxylic acids is 1. The third kappa shape index (κ3) is 6.28. The Morgan fingerprint density at radius 2 is 2.00 bits per heavy atom. The fourth-order valence-corrected chi connectivity index (χ4v) is 3.21. The first-order valence-electron chi connectivity index (χ1n) is 7.54. The standard InChI is InChI=1S/C14H14ClNO3S.C2H6.CH2O2/c1-3-19-11-10(15)12(20-13(11)14(17)18)8-5-4-6-9(7-8)16-2;1-2;2-1-3/h4-7,16H,3H2,1-2H3,(H,17,18);1-2H3;1H,(H,2,3). The Morgan fingerprint density at radius 1 is 1.40 bits per heavy atom. The van der Waals surface area contributed by atoms with E-state index in [4.69, 9.17) is 26.2 Å². The van der Waals surface area contributed by atoms with Gasteiger partial charge >= 0.3 is 5.97 Å². The highest BCUT2D eigenvalue weighted by Gasteiger charge is 2.23. The van der Waals surface area contributed by atoms with Gasteiger partial charge in [-0.05, 0) is 24.6 Å². The van der Waals surface area contributed by atoms with Gasteiger partial charge in [-0.25, -0.2) is 4.79 Å². The van der Waals surface area contributed by atoms with E-state index in [1.54, 1.807) is 6.92 Å². The van der Waals surface area contributed by atoms with Crippen LogP contribution in [0.5, 0.6) is 5.75 Å². The fraction of sp³-hybridized carbons (Fsp3) is 0.294. The lowest BCUT2D eigenvalue weighted by atomic mass is 10.1. The molecule has 0 saturated heterocycles. The van der Waals surface area contributed by atoms with Gasteiger partial charge in [0.15, 0.2) is 10.6 Å². The number of nitrogens with one attached hydrogen (secondary N) is 1. The van der Waals surface area contributed by atoms with E-state index in [0.29, 0.717) is 16.5 Å². The lowest BCUT2D eigenvalue weighted by Crippen LogP contribution is -1.98. The second-order valence-corrected chi connectivity index (χ2v) is 5.48. The summed E-state index contributed by atoms with van der Waals surface area (Å²) < 4.78 is 5.37. The van der Waals surface area contributed by atoms with E-state index in [-0.39, 0.29) is 17.1 Å². The number of benzene rings is 1. The molecule has 2 rings (SSSR count). The van der Waals surface area contributed by atoms with E-state index in [0.717, 1.165) is 22.6 Å². The summed E-state index contributed by atoms with van der Waals surface area (Å²) in [7, 11) is 1.82. The quantitative estimate of drug-likeness (QED) is 0.629. The molecule has 0 aliphatic carbocycles. The van der Waals surface area contributed by atoms with E-state index in [2.05, 4.69) is 5.32 Å². The van der Waals surface area contributed by atoms with Crippen LogP contribution in [-0.4, -0.2) is 36.3 Å². The van der Waals surface area contributed by atoms with E-state index < -0.39 is 5.97 Å². The Balaban J connectivity index is 0.00000104. The zero-order valence-electron chi connectivity index (χ0n) is 14.5. The lowest BCUT2D eigenvalue weighted by Gasteiger charge is -2.04. The molecule has 3 N–H and O–H groups in total. The Labute approximate surface area is 156 Å². The monoisotopic (exact) mass is 387 g/mol. The normalized spacial score (nSPS) is 9.00. The molecule has 2 aromatic rings. The van der Waals surface area contributed by atoms with Crippen molar-refractivity contribution in [2.75, 3.05) is 19.0 Å². The van der Waals surface area contributed by atoms with Gasteiger partial charge < -0.3 is 20.3 Å². The highest BCUT2D eigenvalue weighted by molar-refractivity contribution is 7.18. The number of ether oxygens (including phenoxy) is 1. The summed E-state index contributed by atoms with van der Waals surface area (Å²) in [5.74, 6) is -0.784. The Kier molecular flexibility index (Phi) is 11.1. The van der Waals surface area contributed by atoms with Crippen molar-refractivity contribution in [3.8, 4) is 16.2 Å². The second-order valence-electron chi connectivity index (χ2n) is 4.08. The van der Waals surface area contributed by atoms with Gasteiger partial charge in [0.05, 0.1) is 11.5 Å². The second kappa shape index (κ2) is 12.2. The summed E-state index contributed by atoms with van der Waals surface area (Å²) in [6.07, 6.45) is 0. The largest absolute Gasteiger partial charge is 0.490 e. The Morgan fingerprint density at radius 3 is 2.48 bits per heavy atom. The molecule has 0 radical (unpaired) electrons. The SMILES string of the molecule is CC.CCOc1c(C(=O)O)sc(-c2cccc(NC)c2)c1Cl.O=CO. The van der Waals surface area contributed by atoms with Crippen molar-refractivity contribution >= 4 is 41.1 Å². The predicted molar refractivity (Wildman–Crippen MR) is 102 cm³/mol. The first kappa shape index (κ1) is 22.8.